The number of hydrogen-bond acceptors (Lipinski definition) is 8. The summed E-state index contributed by atoms with van der Waals surface area (Å²) in [6, 6.07) is 8.29. The number of nitrogens with one attached hydrogen (secondary N) is 3. The lowest BCUT2D eigenvalue weighted by molar-refractivity contribution is 0.478. The molecule has 1 atom stereocenters. The van der Waals surface area contributed by atoms with Gasteiger partial charge in [0.1, 0.15) is 11.8 Å². The Kier molecular flexibility index (Phi) is 6.39. The van der Waals surface area contributed by atoms with E-state index in [-0.39, 0.29) is 5.82 Å². The second kappa shape index (κ2) is 9.84. The number of piperidine rings is 1. The second-order valence-electron chi connectivity index (χ2n) is 9.65. The maximum atomic E-state index is 12.8. The molecule has 2 aliphatic heterocycles. The molecule has 11 nitrogen and oxygen atoms in total. The van der Waals surface area contributed by atoms with Crippen LogP contribution in [0.4, 0.5) is 11.8 Å². The zero-order valence-corrected chi connectivity index (χ0v) is 21.6. The molecule has 194 valence electrons. The SMILES string of the molecule is CCc1cc(-c2ccc3c(NS(=O)(=O)N4CCCC4)ncnn23)cc2cnc(N[C@H]3CCCNC3)nc12. The van der Waals surface area contributed by atoms with E-state index >= 15 is 0 Å². The lowest BCUT2D eigenvalue weighted by Gasteiger charge is -2.23. The first-order valence-electron chi connectivity index (χ1n) is 12.9. The van der Waals surface area contributed by atoms with Crippen LogP contribution in [-0.2, 0) is 16.6 Å². The van der Waals surface area contributed by atoms with Crippen molar-refractivity contribution in [2.24, 2.45) is 0 Å². The van der Waals surface area contributed by atoms with E-state index in [4.69, 9.17) is 4.98 Å². The summed E-state index contributed by atoms with van der Waals surface area (Å²) >= 11 is 0. The number of aryl methyl sites for hydroxylation is 1. The molecule has 0 saturated carbocycles. The van der Waals surface area contributed by atoms with Crippen LogP contribution >= 0.6 is 0 Å². The van der Waals surface area contributed by atoms with Crippen LogP contribution in [0, 0.1) is 0 Å². The summed E-state index contributed by atoms with van der Waals surface area (Å²) in [4.78, 5) is 13.7. The van der Waals surface area contributed by atoms with E-state index in [0.717, 1.165) is 72.9 Å². The fourth-order valence-corrected chi connectivity index (χ4v) is 6.48. The van der Waals surface area contributed by atoms with E-state index in [1.807, 2.05) is 18.3 Å². The standard InChI is InChI=1S/C25H31N9O2S/c1-2-17-12-18(13-19-14-27-25(31-23(17)19)30-20-6-5-9-26-15-20)21-7-8-22-24(28-16-29-34(21)22)32-37(35,36)33-10-3-4-11-33/h7-8,12-14,16,20,26H,2-6,9-11,15H2,1H3,(H,27,30,31)(H,28,29,32)/t20-/m0/s1. The number of nitrogens with zero attached hydrogens (tertiary/aromatic N) is 6. The Morgan fingerprint density at radius 2 is 2.00 bits per heavy atom. The van der Waals surface area contributed by atoms with Crippen LogP contribution in [-0.4, -0.2) is 69.5 Å². The molecule has 6 rings (SSSR count). The van der Waals surface area contributed by atoms with Gasteiger partial charge in [-0.1, -0.05) is 6.92 Å². The van der Waals surface area contributed by atoms with Crippen LogP contribution in [0.5, 0.6) is 0 Å². The molecule has 0 aliphatic carbocycles. The molecule has 0 radical (unpaired) electrons. The van der Waals surface area contributed by atoms with Gasteiger partial charge in [0.25, 0.3) is 0 Å². The van der Waals surface area contributed by atoms with Gasteiger partial charge in [-0.3, -0.25) is 4.72 Å². The Labute approximate surface area is 215 Å². The largest absolute Gasteiger partial charge is 0.350 e. The predicted molar refractivity (Wildman–Crippen MR) is 144 cm³/mol. The van der Waals surface area contributed by atoms with Crippen molar-refractivity contribution in [2.75, 3.05) is 36.2 Å². The molecule has 5 heterocycles. The molecule has 2 fully saturated rings. The highest BCUT2D eigenvalue weighted by molar-refractivity contribution is 7.90. The highest BCUT2D eigenvalue weighted by Crippen LogP contribution is 2.30. The van der Waals surface area contributed by atoms with E-state index in [1.165, 1.54) is 10.6 Å². The van der Waals surface area contributed by atoms with Crippen LogP contribution in [0.1, 0.15) is 38.2 Å². The maximum Gasteiger partial charge on any atom is 0.302 e. The fraction of sp³-hybridized carbons (Fsp3) is 0.440. The summed E-state index contributed by atoms with van der Waals surface area (Å²) in [6.07, 6.45) is 8.04. The van der Waals surface area contributed by atoms with E-state index < -0.39 is 10.2 Å². The van der Waals surface area contributed by atoms with Crippen molar-refractivity contribution in [3.05, 3.63) is 42.4 Å². The van der Waals surface area contributed by atoms with Crippen LogP contribution in [0.15, 0.2) is 36.8 Å². The van der Waals surface area contributed by atoms with Crippen molar-refractivity contribution in [2.45, 2.75) is 45.1 Å². The molecule has 12 heteroatoms. The third-order valence-electron chi connectivity index (χ3n) is 7.15. The zero-order chi connectivity index (χ0) is 25.4. The summed E-state index contributed by atoms with van der Waals surface area (Å²) in [7, 11) is -3.66. The Balaban J connectivity index is 1.34. The smallest absolute Gasteiger partial charge is 0.302 e. The minimum absolute atomic E-state index is 0.265. The quantitative estimate of drug-likeness (QED) is 0.339. The minimum Gasteiger partial charge on any atom is -0.350 e. The average molecular weight is 522 g/mol. The molecule has 0 amide bonds. The number of rotatable bonds is 7. The summed E-state index contributed by atoms with van der Waals surface area (Å²) in [6.45, 7) is 5.14. The topological polar surface area (TPSA) is 129 Å². The first-order chi connectivity index (χ1) is 18.0. The molecule has 1 aromatic carbocycles. The Hall–Kier alpha value is -3.35. The van der Waals surface area contributed by atoms with Crippen molar-refractivity contribution in [1.29, 1.82) is 0 Å². The normalized spacial score (nSPS) is 19.0. The monoisotopic (exact) mass is 521 g/mol. The van der Waals surface area contributed by atoms with Gasteiger partial charge in [0.2, 0.25) is 5.95 Å². The third-order valence-corrected chi connectivity index (χ3v) is 8.65. The molecule has 0 spiro atoms. The summed E-state index contributed by atoms with van der Waals surface area (Å²) < 4.78 is 31.5. The lowest BCUT2D eigenvalue weighted by atomic mass is 10.0. The van der Waals surface area contributed by atoms with E-state index in [1.54, 1.807) is 4.52 Å². The fourth-order valence-electron chi connectivity index (χ4n) is 5.21. The van der Waals surface area contributed by atoms with Crippen molar-refractivity contribution < 1.29 is 8.42 Å². The van der Waals surface area contributed by atoms with E-state index in [2.05, 4.69) is 49.5 Å². The number of anilines is 2. The van der Waals surface area contributed by atoms with Gasteiger partial charge < -0.3 is 10.6 Å². The van der Waals surface area contributed by atoms with Gasteiger partial charge in [0, 0.05) is 42.8 Å². The molecule has 3 N–H and O–H groups in total. The molecule has 2 saturated heterocycles. The number of hydrogen-bond donors (Lipinski definition) is 3. The summed E-state index contributed by atoms with van der Waals surface area (Å²) in [5.41, 5.74) is 4.43. The van der Waals surface area contributed by atoms with Gasteiger partial charge >= 0.3 is 10.2 Å². The van der Waals surface area contributed by atoms with E-state index in [9.17, 15) is 8.42 Å². The van der Waals surface area contributed by atoms with Crippen molar-refractivity contribution in [3.63, 3.8) is 0 Å². The Morgan fingerprint density at radius 3 is 2.78 bits per heavy atom. The molecule has 4 aromatic rings. The van der Waals surface area contributed by atoms with Gasteiger partial charge in [0.05, 0.1) is 11.2 Å². The third kappa shape index (κ3) is 4.72. The van der Waals surface area contributed by atoms with Crippen LogP contribution in [0.3, 0.4) is 0 Å². The first kappa shape index (κ1) is 24.0. The van der Waals surface area contributed by atoms with Crippen LogP contribution in [0.2, 0.25) is 0 Å². The minimum atomic E-state index is -3.66. The van der Waals surface area contributed by atoms with Crippen LogP contribution in [0.25, 0.3) is 27.7 Å². The van der Waals surface area contributed by atoms with Crippen molar-refractivity contribution in [1.82, 2.24) is 34.2 Å². The molecule has 37 heavy (non-hydrogen) atoms. The average Bonchev–Trinajstić information content (AvgIpc) is 3.60. The van der Waals surface area contributed by atoms with Gasteiger partial charge in [-0.05, 0) is 68.5 Å². The van der Waals surface area contributed by atoms with E-state index in [0.29, 0.717) is 30.6 Å². The summed E-state index contributed by atoms with van der Waals surface area (Å²) in [5.74, 6) is 0.917. The van der Waals surface area contributed by atoms with Gasteiger partial charge in [-0.25, -0.2) is 19.5 Å². The number of aromatic nitrogens is 5. The summed E-state index contributed by atoms with van der Waals surface area (Å²) in [5, 5.41) is 12.3. The predicted octanol–water partition coefficient (Wildman–Crippen LogP) is 2.82. The molecular formula is C25H31N9O2S. The Bertz CT molecular complexity index is 1540. The van der Waals surface area contributed by atoms with Gasteiger partial charge in [0.15, 0.2) is 5.82 Å². The number of benzene rings is 1. The van der Waals surface area contributed by atoms with Gasteiger partial charge in [-0.2, -0.15) is 17.8 Å². The zero-order valence-electron chi connectivity index (χ0n) is 20.8. The number of fused-ring (bicyclic) bond motifs is 2. The van der Waals surface area contributed by atoms with Crippen molar-refractivity contribution in [3.8, 4) is 11.3 Å². The van der Waals surface area contributed by atoms with Crippen LogP contribution < -0.4 is 15.4 Å². The first-order valence-corrected chi connectivity index (χ1v) is 14.3. The lowest BCUT2D eigenvalue weighted by Crippen LogP contribution is -2.38. The van der Waals surface area contributed by atoms with Gasteiger partial charge in [-0.15, -0.1) is 0 Å². The Morgan fingerprint density at radius 1 is 1.14 bits per heavy atom. The molecule has 3 aromatic heterocycles. The second-order valence-corrected chi connectivity index (χ2v) is 11.3. The molecule has 2 aliphatic rings. The molecular weight excluding hydrogens is 490 g/mol. The molecule has 0 bridgehead atoms. The highest BCUT2D eigenvalue weighted by atomic mass is 32.2. The maximum absolute atomic E-state index is 12.8. The molecule has 0 unspecified atom stereocenters. The van der Waals surface area contributed by atoms with Crippen molar-refractivity contribution >= 4 is 38.4 Å². The highest BCUT2D eigenvalue weighted by Gasteiger charge is 2.26.